The number of aromatic amines is 1. The van der Waals surface area contributed by atoms with Crippen LogP contribution >= 0.6 is 0 Å². The van der Waals surface area contributed by atoms with Gasteiger partial charge in [-0.05, 0) is 123 Å². The maximum Gasteiger partial charge on any atom is 0.323 e. The summed E-state index contributed by atoms with van der Waals surface area (Å²) in [6, 6.07) is 3.83. The van der Waals surface area contributed by atoms with Gasteiger partial charge >= 0.3 is 17.9 Å². The molecule has 4 aromatic rings. The molecule has 0 spiro atoms. The highest BCUT2D eigenvalue weighted by Crippen LogP contribution is 2.26. The number of nitrogens with two attached hydrogens (primary N) is 1. The molecule has 0 fully saturated rings. The van der Waals surface area contributed by atoms with E-state index in [2.05, 4.69) is 46.4 Å². The molecule has 406 valence electrons. The second-order valence-corrected chi connectivity index (χ2v) is 21.1. The fraction of sp³-hybridized carbons (Fsp3) is 0.531. The Balaban J connectivity index is 1.21. The number of esters is 2. The Bertz CT molecular complexity index is 2670. The second kappa shape index (κ2) is 27.2. The number of carbonyl (C=O) groups excluding carboxylic acids is 6. The van der Waals surface area contributed by atoms with Crippen molar-refractivity contribution >= 4 is 68.4 Å². The van der Waals surface area contributed by atoms with Crippen LogP contribution in [0.3, 0.4) is 0 Å². The Labute approximate surface area is 430 Å². The van der Waals surface area contributed by atoms with Crippen molar-refractivity contribution in [3.8, 4) is 5.75 Å². The average molecular weight is 1050 g/mol. The number of amides is 4. The van der Waals surface area contributed by atoms with Gasteiger partial charge in [-0.2, -0.15) is 9.82 Å². The van der Waals surface area contributed by atoms with Crippen molar-refractivity contribution in [2.75, 3.05) is 38.1 Å². The lowest BCUT2D eigenvalue weighted by molar-refractivity contribution is -0.156. The largest absolute Gasteiger partial charge is 0.494 e. The molecular formula is C49H71N11O13S. The second-order valence-electron chi connectivity index (χ2n) is 19.5. The Morgan fingerprint density at radius 2 is 1.46 bits per heavy atom. The van der Waals surface area contributed by atoms with Crippen LogP contribution in [-0.2, 0) is 54.8 Å². The van der Waals surface area contributed by atoms with Crippen molar-refractivity contribution in [3.63, 3.8) is 0 Å². The molecule has 2 heterocycles. The van der Waals surface area contributed by atoms with Crippen molar-refractivity contribution in [2.45, 2.75) is 141 Å². The van der Waals surface area contributed by atoms with Crippen LogP contribution < -0.4 is 41.8 Å². The molecule has 24 nitrogen and oxygen atoms in total. The number of aromatic nitrogens is 4. The number of imidazole rings is 1. The van der Waals surface area contributed by atoms with Gasteiger partial charge in [0.05, 0.1) is 29.3 Å². The van der Waals surface area contributed by atoms with E-state index < -0.39 is 81.5 Å². The number of rotatable bonds is 29. The van der Waals surface area contributed by atoms with Gasteiger partial charge in [0, 0.05) is 75.3 Å². The highest BCUT2D eigenvalue weighted by molar-refractivity contribution is 7.89. The zero-order chi connectivity index (χ0) is 54.8. The SMILES string of the molecule is Cc1cc(OCCCC(=O)NCCNC(=O)C(CCC(=O)OC(C)(C)C)NC(=O)[C@@H](N)CCC(=O)OC(C)(C)C)cc(C)c1S(=O)(=O)N[C@@H](CNC(=O)c1ccc2c(cnn2CCCNc2ncc[nH]2)c1)C(=O)O. The number of sulfonamides is 1. The summed E-state index contributed by atoms with van der Waals surface area (Å²) in [7, 11) is -4.43. The molecule has 2 aromatic heterocycles. The number of anilines is 1. The van der Waals surface area contributed by atoms with Gasteiger partial charge in [-0.1, -0.05) is 0 Å². The van der Waals surface area contributed by atoms with Crippen LogP contribution in [-0.4, -0.2) is 137 Å². The standard InChI is InChI=1S/C49H71N11O13S/c1-30-25-34(71-24-9-11-39(61)51-19-20-52-45(66)36(14-17-41(63)73-49(6,7)8)58-44(65)35(50)13-16-40(62)72-48(3,4)5)26-31(2)42(30)74(69,70)59-37(46(67)68)29-56-43(64)32-12-15-38-33(27-32)28-57-60(38)23-10-18-53-47-54-21-22-55-47/h12,15,21-22,25-28,35-37,59H,9-11,13-14,16-20,23-24,29,50H2,1-8H3,(H,51,61)(H,52,66)(H,56,64)(H,58,65)(H,67,68)(H2,53,54,55)/t35-,36?,37-/m0/s1. The number of hydrogen-bond acceptors (Lipinski definition) is 16. The fourth-order valence-corrected chi connectivity index (χ4v) is 9.01. The van der Waals surface area contributed by atoms with Crippen LogP contribution in [0.1, 0.15) is 108 Å². The lowest BCUT2D eigenvalue weighted by Gasteiger charge is -2.23. The van der Waals surface area contributed by atoms with E-state index in [0.717, 1.165) is 11.9 Å². The molecule has 4 rings (SSSR count). The highest BCUT2D eigenvalue weighted by atomic mass is 32.2. The summed E-state index contributed by atoms with van der Waals surface area (Å²) in [5, 5.41) is 28.6. The molecule has 1 unspecified atom stereocenters. The Kier molecular flexibility index (Phi) is 21.9. The molecule has 0 bridgehead atoms. The first kappa shape index (κ1) is 59.4. The van der Waals surface area contributed by atoms with Gasteiger partial charge < -0.3 is 56.6 Å². The molecule has 0 saturated heterocycles. The van der Waals surface area contributed by atoms with E-state index in [1.807, 2.05) is 0 Å². The first-order chi connectivity index (χ1) is 34.7. The van der Waals surface area contributed by atoms with Gasteiger partial charge in [-0.25, -0.2) is 13.4 Å². The van der Waals surface area contributed by atoms with Crippen LogP contribution in [0, 0.1) is 13.8 Å². The van der Waals surface area contributed by atoms with Crippen molar-refractivity contribution in [1.29, 1.82) is 0 Å². The summed E-state index contributed by atoms with van der Waals surface area (Å²) in [6.45, 7) is 14.0. The number of aryl methyl sites for hydroxylation is 3. The third-order valence-corrected chi connectivity index (χ3v) is 12.5. The van der Waals surface area contributed by atoms with Crippen LogP contribution in [0.5, 0.6) is 5.75 Å². The van der Waals surface area contributed by atoms with Crippen LogP contribution in [0.15, 0.2) is 53.8 Å². The summed E-state index contributed by atoms with van der Waals surface area (Å²) in [5.41, 5.74) is 6.08. The zero-order valence-corrected chi connectivity index (χ0v) is 44.0. The van der Waals surface area contributed by atoms with E-state index in [1.165, 1.54) is 26.0 Å². The topological polar surface area (TPSA) is 346 Å². The molecule has 0 aliphatic heterocycles. The maximum atomic E-state index is 13.6. The first-order valence-corrected chi connectivity index (χ1v) is 25.7. The molecule has 2 aromatic carbocycles. The van der Waals surface area contributed by atoms with E-state index in [0.29, 0.717) is 30.2 Å². The van der Waals surface area contributed by atoms with E-state index in [-0.39, 0.29) is 85.7 Å². The summed E-state index contributed by atoms with van der Waals surface area (Å²) in [6.07, 6.45) is 5.57. The minimum absolute atomic E-state index is 0.0202. The predicted octanol–water partition coefficient (Wildman–Crippen LogP) is 2.49. The summed E-state index contributed by atoms with van der Waals surface area (Å²) in [4.78, 5) is 95.6. The van der Waals surface area contributed by atoms with E-state index >= 15 is 0 Å². The lowest BCUT2D eigenvalue weighted by Crippen LogP contribution is -2.52. The molecule has 0 aliphatic carbocycles. The number of carbonyl (C=O) groups is 7. The third-order valence-electron chi connectivity index (χ3n) is 10.7. The number of ether oxygens (including phenoxy) is 3. The molecule has 3 atom stereocenters. The number of nitrogens with zero attached hydrogens (tertiary/aromatic N) is 3. The molecule has 4 amide bonds. The lowest BCUT2D eigenvalue weighted by atomic mass is 10.1. The highest BCUT2D eigenvalue weighted by Gasteiger charge is 2.30. The number of fused-ring (bicyclic) bond motifs is 1. The van der Waals surface area contributed by atoms with Crippen LogP contribution in [0.4, 0.5) is 5.95 Å². The van der Waals surface area contributed by atoms with Crippen LogP contribution in [0.25, 0.3) is 10.9 Å². The Hall–Kier alpha value is -7.12. The molecule has 0 saturated carbocycles. The van der Waals surface area contributed by atoms with Crippen molar-refractivity contribution in [2.24, 2.45) is 5.73 Å². The van der Waals surface area contributed by atoms with Gasteiger partial charge in [0.15, 0.2) is 5.95 Å². The van der Waals surface area contributed by atoms with Gasteiger partial charge in [0.2, 0.25) is 27.7 Å². The molecule has 74 heavy (non-hydrogen) atoms. The minimum atomic E-state index is -4.43. The molecule has 0 aliphatic rings. The van der Waals surface area contributed by atoms with Gasteiger partial charge in [0.1, 0.15) is 29.0 Å². The van der Waals surface area contributed by atoms with Gasteiger partial charge in [-0.15, -0.1) is 0 Å². The number of nitrogens with one attached hydrogen (secondary N) is 7. The van der Waals surface area contributed by atoms with Gasteiger partial charge in [-0.3, -0.25) is 38.2 Å². The molecular weight excluding hydrogens is 983 g/mol. The number of H-pyrrole nitrogens is 1. The van der Waals surface area contributed by atoms with Crippen molar-refractivity contribution < 1.29 is 61.3 Å². The number of hydrogen-bond donors (Lipinski definition) is 9. The van der Waals surface area contributed by atoms with Crippen molar-refractivity contribution in [1.82, 2.24) is 45.7 Å². The third kappa shape index (κ3) is 20.1. The summed E-state index contributed by atoms with van der Waals surface area (Å²) >= 11 is 0. The van der Waals surface area contributed by atoms with Gasteiger partial charge in [0.25, 0.3) is 5.91 Å². The average Bonchev–Trinajstić information content (AvgIpc) is 3.98. The Morgan fingerprint density at radius 3 is 2.08 bits per heavy atom. The summed E-state index contributed by atoms with van der Waals surface area (Å²) in [5.74, 6) is -3.95. The molecule has 0 radical (unpaired) electrons. The predicted molar refractivity (Wildman–Crippen MR) is 272 cm³/mol. The zero-order valence-electron chi connectivity index (χ0n) is 43.2. The molecule has 10 N–H and O–H groups in total. The maximum absolute atomic E-state index is 13.6. The molecule has 25 heteroatoms. The van der Waals surface area contributed by atoms with E-state index in [4.69, 9.17) is 19.9 Å². The fourth-order valence-electron chi connectivity index (χ4n) is 7.37. The number of benzene rings is 2. The minimum Gasteiger partial charge on any atom is -0.494 e. The Morgan fingerprint density at radius 1 is 0.811 bits per heavy atom. The van der Waals surface area contributed by atoms with Crippen LogP contribution in [0.2, 0.25) is 0 Å². The van der Waals surface area contributed by atoms with Crippen molar-refractivity contribution in [3.05, 3.63) is 65.6 Å². The smallest absolute Gasteiger partial charge is 0.323 e. The normalized spacial score (nSPS) is 13.0. The monoisotopic (exact) mass is 1050 g/mol. The number of carboxylic acids is 1. The number of aliphatic carboxylic acids is 1. The quantitative estimate of drug-likeness (QED) is 0.0279. The summed E-state index contributed by atoms with van der Waals surface area (Å²) < 4.78 is 47.6. The van der Waals surface area contributed by atoms with E-state index in [9.17, 15) is 47.1 Å². The number of carboxylic acid groups (broad SMARTS) is 1. The first-order valence-electron chi connectivity index (χ1n) is 24.2. The van der Waals surface area contributed by atoms with E-state index in [1.54, 1.807) is 83.0 Å².